The second-order valence-corrected chi connectivity index (χ2v) is 4.27. The zero-order valence-electron chi connectivity index (χ0n) is 10.4. The molecule has 6 nitrogen and oxygen atoms in total. The van der Waals surface area contributed by atoms with E-state index in [4.69, 9.17) is 5.11 Å². The molecule has 0 aromatic heterocycles. The van der Waals surface area contributed by atoms with Gasteiger partial charge in [0, 0.05) is 26.1 Å². The van der Waals surface area contributed by atoms with Crippen LogP contribution in [0.25, 0.3) is 0 Å². The predicted molar refractivity (Wildman–Crippen MR) is 64.8 cm³/mol. The maximum absolute atomic E-state index is 11.2. The van der Waals surface area contributed by atoms with Gasteiger partial charge in [0.25, 0.3) is 0 Å². The van der Waals surface area contributed by atoms with Crippen LogP contribution in [0.5, 0.6) is 0 Å². The highest BCUT2D eigenvalue weighted by Gasteiger charge is 2.18. The summed E-state index contributed by atoms with van der Waals surface area (Å²) in [4.78, 5) is 34.6. The molecule has 0 spiro atoms. The van der Waals surface area contributed by atoms with E-state index in [0.717, 1.165) is 6.42 Å². The minimum absolute atomic E-state index is 0.00615. The SMILES string of the molecule is CC(=O)N[C@H](CCCCN1CC=CC1=O)C(=O)O. The first kappa shape index (κ1) is 14.2. The van der Waals surface area contributed by atoms with Crippen molar-refractivity contribution in [2.45, 2.75) is 32.2 Å². The predicted octanol–water partition coefficient (Wildman–Crippen LogP) is 0.144. The number of aliphatic carboxylic acids is 1. The van der Waals surface area contributed by atoms with E-state index in [1.54, 1.807) is 11.0 Å². The van der Waals surface area contributed by atoms with Crippen molar-refractivity contribution in [3.05, 3.63) is 12.2 Å². The van der Waals surface area contributed by atoms with Gasteiger partial charge in [0.05, 0.1) is 0 Å². The molecule has 1 heterocycles. The normalized spacial score (nSPS) is 15.8. The van der Waals surface area contributed by atoms with Crippen molar-refractivity contribution in [2.75, 3.05) is 13.1 Å². The molecule has 0 aromatic carbocycles. The van der Waals surface area contributed by atoms with Crippen molar-refractivity contribution in [1.82, 2.24) is 10.2 Å². The minimum Gasteiger partial charge on any atom is -0.480 e. The average molecular weight is 254 g/mol. The van der Waals surface area contributed by atoms with Crippen molar-refractivity contribution in [3.8, 4) is 0 Å². The van der Waals surface area contributed by atoms with Gasteiger partial charge < -0.3 is 15.3 Å². The molecule has 1 aliphatic heterocycles. The first-order valence-corrected chi connectivity index (χ1v) is 5.96. The first-order chi connectivity index (χ1) is 8.50. The molecule has 0 saturated carbocycles. The molecule has 0 saturated heterocycles. The highest BCUT2D eigenvalue weighted by molar-refractivity contribution is 5.89. The summed E-state index contributed by atoms with van der Waals surface area (Å²) in [6.07, 6.45) is 5.11. The lowest BCUT2D eigenvalue weighted by atomic mass is 10.1. The monoisotopic (exact) mass is 254 g/mol. The fraction of sp³-hybridized carbons (Fsp3) is 0.583. The molecule has 0 aliphatic carbocycles. The summed E-state index contributed by atoms with van der Waals surface area (Å²) in [6, 6.07) is -0.838. The Morgan fingerprint density at radius 3 is 2.72 bits per heavy atom. The number of carbonyl (C=O) groups excluding carboxylic acids is 2. The van der Waals surface area contributed by atoms with E-state index >= 15 is 0 Å². The first-order valence-electron chi connectivity index (χ1n) is 5.96. The lowest BCUT2D eigenvalue weighted by Crippen LogP contribution is -2.39. The third kappa shape index (κ3) is 4.57. The van der Waals surface area contributed by atoms with Crippen molar-refractivity contribution in [1.29, 1.82) is 0 Å². The number of amides is 2. The molecule has 0 bridgehead atoms. The maximum Gasteiger partial charge on any atom is 0.326 e. The van der Waals surface area contributed by atoms with Crippen LogP contribution >= 0.6 is 0 Å². The topological polar surface area (TPSA) is 86.7 Å². The van der Waals surface area contributed by atoms with Gasteiger partial charge in [-0.15, -0.1) is 0 Å². The summed E-state index contributed by atoms with van der Waals surface area (Å²) in [5, 5.41) is 11.3. The van der Waals surface area contributed by atoms with E-state index in [9.17, 15) is 14.4 Å². The summed E-state index contributed by atoms with van der Waals surface area (Å²) in [5.74, 6) is -1.36. The molecular weight excluding hydrogens is 236 g/mol. The van der Waals surface area contributed by atoms with Gasteiger partial charge in [0.1, 0.15) is 6.04 Å². The summed E-state index contributed by atoms with van der Waals surface area (Å²) < 4.78 is 0. The lowest BCUT2D eigenvalue weighted by Gasteiger charge is -2.16. The zero-order valence-corrected chi connectivity index (χ0v) is 10.4. The summed E-state index contributed by atoms with van der Waals surface area (Å²) >= 11 is 0. The van der Waals surface area contributed by atoms with Gasteiger partial charge in [-0.05, 0) is 19.3 Å². The van der Waals surface area contributed by atoms with E-state index in [1.807, 2.05) is 0 Å². The lowest BCUT2D eigenvalue weighted by molar-refractivity contribution is -0.141. The van der Waals surface area contributed by atoms with Crippen LogP contribution < -0.4 is 5.32 Å². The number of carboxylic acid groups (broad SMARTS) is 1. The van der Waals surface area contributed by atoms with Gasteiger partial charge in [-0.1, -0.05) is 6.08 Å². The van der Waals surface area contributed by atoms with Gasteiger partial charge in [0.15, 0.2) is 0 Å². The molecule has 2 amide bonds. The molecule has 2 N–H and O–H groups in total. The Morgan fingerprint density at radius 2 is 2.22 bits per heavy atom. The van der Waals surface area contributed by atoms with Crippen LogP contribution in [0.2, 0.25) is 0 Å². The van der Waals surface area contributed by atoms with E-state index < -0.39 is 12.0 Å². The van der Waals surface area contributed by atoms with Gasteiger partial charge in [-0.2, -0.15) is 0 Å². The number of hydrogen-bond donors (Lipinski definition) is 2. The largest absolute Gasteiger partial charge is 0.480 e. The van der Waals surface area contributed by atoms with Crippen molar-refractivity contribution >= 4 is 17.8 Å². The van der Waals surface area contributed by atoms with Crippen molar-refractivity contribution in [2.24, 2.45) is 0 Å². The third-order valence-corrected chi connectivity index (χ3v) is 2.74. The minimum atomic E-state index is -1.02. The molecule has 0 aromatic rings. The Bertz CT molecular complexity index is 365. The van der Waals surface area contributed by atoms with Gasteiger partial charge in [-0.25, -0.2) is 4.79 Å². The van der Waals surface area contributed by atoms with E-state index in [0.29, 0.717) is 25.9 Å². The number of nitrogens with one attached hydrogen (secondary N) is 1. The number of carbonyl (C=O) groups is 3. The van der Waals surface area contributed by atoms with Crippen LogP contribution in [0.4, 0.5) is 0 Å². The molecule has 100 valence electrons. The Hall–Kier alpha value is -1.85. The van der Waals surface area contributed by atoms with E-state index in [1.165, 1.54) is 13.0 Å². The van der Waals surface area contributed by atoms with Crippen LogP contribution in [-0.2, 0) is 14.4 Å². The molecule has 0 radical (unpaired) electrons. The van der Waals surface area contributed by atoms with Crippen LogP contribution in [0.3, 0.4) is 0 Å². The molecule has 6 heteroatoms. The molecule has 0 fully saturated rings. The Labute approximate surface area is 106 Å². The molecular formula is C12H18N2O4. The summed E-state index contributed by atoms with van der Waals surface area (Å²) in [7, 11) is 0. The summed E-state index contributed by atoms with van der Waals surface area (Å²) in [6.45, 7) is 2.55. The second kappa shape index (κ2) is 6.78. The van der Waals surface area contributed by atoms with Crippen LogP contribution in [0, 0.1) is 0 Å². The average Bonchev–Trinajstić information content (AvgIpc) is 2.68. The number of hydrogen-bond acceptors (Lipinski definition) is 3. The zero-order chi connectivity index (χ0) is 13.5. The third-order valence-electron chi connectivity index (χ3n) is 2.74. The molecule has 1 atom stereocenters. The van der Waals surface area contributed by atoms with Gasteiger partial charge >= 0.3 is 5.97 Å². The van der Waals surface area contributed by atoms with Crippen molar-refractivity contribution in [3.63, 3.8) is 0 Å². The standard InChI is InChI=1S/C12H18N2O4/c1-9(15)13-10(12(17)18)5-2-3-7-14-8-4-6-11(14)16/h4,6,10H,2-3,5,7-8H2,1H3,(H,13,15)(H,17,18)/t10-/m1/s1. The molecule has 1 rings (SSSR count). The maximum atomic E-state index is 11.2. The van der Waals surface area contributed by atoms with Crippen LogP contribution in [0.15, 0.2) is 12.2 Å². The number of rotatable bonds is 7. The number of carboxylic acids is 1. The highest BCUT2D eigenvalue weighted by atomic mass is 16.4. The molecule has 1 aliphatic rings. The van der Waals surface area contributed by atoms with Gasteiger partial charge in [0.2, 0.25) is 11.8 Å². The van der Waals surface area contributed by atoms with Gasteiger partial charge in [-0.3, -0.25) is 9.59 Å². The fourth-order valence-electron chi connectivity index (χ4n) is 1.83. The Balaban J connectivity index is 2.20. The van der Waals surface area contributed by atoms with Crippen molar-refractivity contribution < 1.29 is 19.5 Å². The summed E-state index contributed by atoms with van der Waals surface area (Å²) in [5.41, 5.74) is 0. The van der Waals surface area contributed by atoms with E-state index in [-0.39, 0.29) is 11.8 Å². The quantitative estimate of drug-likeness (QED) is 0.633. The smallest absolute Gasteiger partial charge is 0.326 e. The van der Waals surface area contributed by atoms with Crippen LogP contribution in [0.1, 0.15) is 26.2 Å². The second-order valence-electron chi connectivity index (χ2n) is 4.27. The van der Waals surface area contributed by atoms with Crippen LogP contribution in [-0.4, -0.2) is 46.9 Å². The van der Waals surface area contributed by atoms with E-state index in [2.05, 4.69) is 5.32 Å². The fourth-order valence-corrected chi connectivity index (χ4v) is 1.83. The molecule has 0 unspecified atom stereocenters. The number of unbranched alkanes of at least 4 members (excludes halogenated alkanes) is 1. The Morgan fingerprint density at radius 1 is 1.50 bits per heavy atom. The number of nitrogens with zero attached hydrogens (tertiary/aromatic N) is 1. The molecule has 18 heavy (non-hydrogen) atoms. The Kier molecular flexibility index (Phi) is 5.35. The highest BCUT2D eigenvalue weighted by Crippen LogP contribution is 2.07.